The molecule has 0 radical (unpaired) electrons. The average molecular weight is 421 g/mol. The van der Waals surface area contributed by atoms with Crippen molar-refractivity contribution in [3.8, 4) is 22.6 Å². The molecule has 1 unspecified atom stereocenters. The quantitative estimate of drug-likeness (QED) is 0.502. The predicted molar refractivity (Wildman–Crippen MR) is 128 cm³/mol. The van der Waals surface area contributed by atoms with E-state index >= 15 is 0 Å². The highest BCUT2D eigenvalue weighted by Gasteiger charge is 2.29. The number of anilines is 1. The molecule has 3 heterocycles. The van der Waals surface area contributed by atoms with E-state index in [4.69, 9.17) is 21.4 Å². The van der Waals surface area contributed by atoms with Crippen LogP contribution in [-0.4, -0.2) is 25.6 Å². The Morgan fingerprint density at radius 3 is 2.69 bits per heavy atom. The Morgan fingerprint density at radius 1 is 0.969 bits per heavy atom. The van der Waals surface area contributed by atoms with Crippen LogP contribution in [0.15, 0.2) is 84.1 Å². The minimum atomic E-state index is 0.0946. The second-order valence-electron chi connectivity index (χ2n) is 8.48. The van der Waals surface area contributed by atoms with E-state index in [2.05, 4.69) is 33.8 Å². The second-order valence-corrected chi connectivity index (χ2v) is 8.48. The van der Waals surface area contributed by atoms with Crippen molar-refractivity contribution in [2.24, 2.45) is 5.73 Å². The highest BCUT2D eigenvalue weighted by Crippen LogP contribution is 2.40. The Morgan fingerprint density at radius 2 is 1.84 bits per heavy atom. The van der Waals surface area contributed by atoms with Crippen LogP contribution in [0.1, 0.15) is 25.3 Å². The van der Waals surface area contributed by atoms with Crippen LogP contribution in [-0.2, 0) is 0 Å². The fourth-order valence-electron chi connectivity index (χ4n) is 4.92. The van der Waals surface area contributed by atoms with E-state index < -0.39 is 0 Å². The minimum Gasteiger partial charge on any atom is -0.383 e. The van der Waals surface area contributed by atoms with Gasteiger partial charge in [-0.05, 0) is 49.1 Å². The molecule has 158 valence electrons. The van der Waals surface area contributed by atoms with Crippen LogP contribution in [0, 0.1) is 0 Å². The van der Waals surface area contributed by atoms with Gasteiger partial charge in [-0.15, -0.1) is 0 Å². The Bertz CT molecular complexity index is 1380. The van der Waals surface area contributed by atoms with Crippen LogP contribution in [0.25, 0.3) is 33.8 Å². The number of benzene rings is 1. The molecule has 6 rings (SSSR count). The number of rotatable bonds is 3. The first kappa shape index (κ1) is 19.0. The maximum Gasteiger partial charge on any atom is 0.161 e. The lowest BCUT2D eigenvalue weighted by Gasteiger charge is -2.23. The summed E-state index contributed by atoms with van der Waals surface area (Å²) in [6.45, 7) is 0. The summed E-state index contributed by atoms with van der Waals surface area (Å²) in [6.07, 6.45) is 9.12. The van der Waals surface area contributed by atoms with Crippen molar-refractivity contribution in [2.45, 2.75) is 31.3 Å². The first-order valence-corrected chi connectivity index (χ1v) is 11.0. The molecular weight excluding hydrogens is 396 g/mol. The molecule has 2 aliphatic carbocycles. The fourth-order valence-corrected chi connectivity index (χ4v) is 4.92. The highest BCUT2D eigenvalue weighted by molar-refractivity contribution is 5.82. The van der Waals surface area contributed by atoms with E-state index in [9.17, 15) is 0 Å². The highest BCUT2D eigenvalue weighted by atomic mass is 15.2. The number of pyridine rings is 2. The molecule has 0 bridgehead atoms. The molecule has 2 atom stereocenters. The Hall–Kier alpha value is -3.77. The summed E-state index contributed by atoms with van der Waals surface area (Å²) >= 11 is 0. The summed E-state index contributed by atoms with van der Waals surface area (Å²) in [5.41, 5.74) is 19.8. The Kier molecular flexibility index (Phi) is 4.40. The summed E-state index contributed by atoms with van der Waals surface area (Å²) in [7, 11) is 0. The van der Waals surface area contributed by atoms with Crippen molar-refractivity contribution in [2.75, 3.05) is 5.73 Å². The Labute approximate surface area is 186 Å². The van der Waals surface area contributed by atoms with Crippen LogP contribution in [0.3, 0.4) is 0 Å². The van der Waals surface area contributed by atoms with Gasteiger partial charge in [-0.3, -0.25) is 0 Å². The number of fused-ring (bicyclic) bond motifs is 1. The zero-order chi connectivity index (χ0) is 21.7. The van der Waals surface area contributed by atoms with Gasteiger partial charge >= 0.3 is 0 Å². The summed E-state index contributed by atoms with van der Waals surface area (Å²) in [5.74, 6) is 1.26. The van der Waals surface area contributed by atoms with E-state index in [-0.39, 0.29) is 12.1 Å². The first-order valence-electron chi connectivity index (χ1n) is 11.0. The molecule has 0 fully saturated rings. The molecular formula is C26H24N6. The van der Waals surface area contributed by atoms with E-state index in [0.29, 0.717) is 5.82 Å². The van der Waals surface area contributed by atoms with E-state index in [0.717, 1.165) is 53.1 Å². The minimum absolute atomic E-state index is 0.0946. The monoisotopic (exact) mass is 420 g/mol. The third kappa shape index (κ3) is 3.03. The summed E-state index contributed by atoms with van der Waals surface area (Å²) in [5, 5.41) is 0. The van der Waals surface area contributed by atoms with Crippen LogP contribution >= 0.6 is 0 Å². The second kappa shape index (κ2) is 7.43. The molecule has 0 amide bonds. The van der Waals surface area contributed by atoms with Gasteiger partial charge in [-0.2, -0.15) is 0 Å². The van der Waals surface area contributed by atoms with Crippen LogP contribution in [0.5, 0.6) is 0 Å². The van der Waals surface area contributed by atoms with Crippen LogP contribution < -0.4 is 11.5 Å². The third-order valence-corrected chi connectivity index (χ3v) is 6.54. The van der Waals surface area contributed by atoms with Crippen molar-refractivity contribution >= 4 is 17.0 Å². The molecule has 0 saturated carbocycles. The van der Waals surface area contributed by atoms with E-state index in [1.165, 1.54) is 11.1 Å². The maximum atomic E-state index is 6.30. The number of nitrogen functional groups attached to an aromatic ring is 1. The SMILES string of the molecule is Nc1ncccc1-c1nc2ccc(-c3ccccc3)nc2n1C1C=CC2=C(CC[C@H]2N)C1. The number of imidazole rings is 1. The molecule has 4 aromatic rings. The van der Waals surface area contributed by atoms with Gasteiger partial charge in [0.1, 0.15) is 17.2 Å². The predicted octanol–water partition coefficient (Wildman–Crippen LogP) is 4.66. The standard InChI is InChI=1S/C26H24N6/c27-21-11-8-17-15-18(9-10-19(17)21)32-25(20-7-4-14-29-24(20)28)31-23-13-12-22(30-26(23)32)16-5-2-1-3-6-16/h1-7,9-10,12-14,18,21H,8,11,15,27H2,(H2,28,29)/t18?,21-/m1/s1. The number of aromatic nitrogens is 4. The van der Waals surface area contributed by atoms with Gasteiger partial charge in [0, 0.05) is 17.8 Å². The first-order chi connectivity index (χ1) is 15.7. The van der Waals surface area contributed by atoms with Gasteiger partial charge in [-0.1, -0.05) is 48.1 Å². The van der Waals surface area contributed by atoms with Crippen molar-refractivity contribution < 1.29 is 0 Å². The third-order valence-electron chi connectivity index (χ3n) is 6.54. The molecule has 0 spiro atoms. The van der Waals surface area contributed by atoms with Crippen LogP contribution in [0.4, 0.5) is 5.82 Å². The molecule has 32 heavy (non-hydrogen) atoms. The van der Waals surface area contributed by atoms with Crippen molar-refractivity contribution in [1.82, 2.24) is 19.5 Å². The molecule has 4 N–H and O–H groups in total. The smallest absolute Gasteiger partial charge is 0.161 e. The molecule has 3 aromatic heterocycles. The van der Waals surface area contributed by atoms with Gasteiger partial charge in [0.05, 0.1) is 17.3 Å². The van der Waals surface area contributed by atoms with Gasteiger partial charge in [0.25, 0.3) is 0 Å². The molecule has 6 heteroatoms. The van der Waals surface area contributed by atoms with Crippen molar-refractivity contribution in [3.05, 3.63) is 84.1 Å². The van der Waals surface area contributed by atoms with Gasteiger partial charge in [0.15, 0.2) is 5.65 Å². The normalized spacial score (nSPS) is 20.2. The average Bonchev–Trinajstić information content (AvgIpc) is 3.39. The zero-order valence-electron chi connectivity index (χ0n) is 17.6. The Balaban J connectivity index is 1.55. The molecule has 2 aliphatic rings. The zero-order valence-corrected chi connectivity index (χ0v) is 17.6. The molecule has 1 aromatic carbocycles. The lowest BCUT2D eigenvalue weighted by molar-refractivity contribution is 0.601. The van der Waals surface area contributed by atoms with Gasteiger partial charge in [-0.25, -0.2) is 15.0 Å². The summed E-state index contributed by atoms with van der Waals surface area (Å²) < 4.78 is 2.22. The number of hydrogen-bond donors (Lipinski definition) is 2. The summed E-state index contributed by atoms with van der Waals surface area (Å²) in [6, 6.07) is 18.4. The number of nitrogens with zero attached hydrogens (tertiary/aromatic N) is 4. The lowest BCUT2D eigenvalue weighted by Crippen LogP contribution is -2.20. The lowest BCUT2D eigenvalue weighted by atomic mass is 9.95. The van der Waals surface area contributed by atoms with Crippen molar-refractivity contribution in [3.63, 3.8) is 0 Å². The largest absolute Gasteiger partial charge is 0.383 e. The van der Waals surface area contributed by atoms with Gasteiger partial charge < -0.3 is 16.0 Å². The number of hydrogen-bond acceptors (Lipinski definition) is 5. The molecule has 6 nitrogen and oxygen atoms in total. The fraction of sp³-hybridized carbons (Fsp3) is 0.192. The number of allylic oxidation sites excluding steroid dienone is 2. The summed E-state index contributed by atoms with van der Waals surface area (Å²) in [4.78, 5) is 14.3. The molecule has 0 aliphatic heterocycles. The van der Waals surface area contributed by atoms with E-state index in [1.54, 1.807) is 6.20 Å². The van der Waals surface area contributed by atoms with Crippen molar-refractivity contribution in [1.29, 1.82) is 0 Å². The molecule has 0 saturated heterocycles. The topological polar surface area (TPSA) is 95.6 Å². The maximum absolute atomic E-state index is 6.30. The number of nitrogens with two attached hydrogens (primary N) is 2. The van der Waals surface area contributed by atoms with E-state index in [1.807, 2.05) is 42.5 Å². The van der Waals surface area contributed by atoms with Gasteiger partial charge in [0.2, 0.25) is 0 Å². The van der Waals surface area contributed by atoms with Crippen LogP contribution in [0.2, 0.25) is 0 Å².